The molecule has 0 aliphatic carbocycles. The maximum Gasteiger partial charge on any atom is 0.172 e. The molecule has 0 aromatic heterocycles. The van der Waals surface area contributed by atoms with Crippen LogP contribution < -0.4 is 0 Å². The molecule has 61 valence electrons. The van der Waals surface area contributed by atoms with E-state index in [0.29, 0.717) is 0 Å². The SMILES string of the molecule is Brc1ccc(C2=NO[CH]C2)cc1. The van der Waals surface area contributed by atoms with Gasteiger partial charge in [-0.05, 0) is 17.7 Å². The van der Waals surface area contributed by atoms with Gasteiger partial charge >= 0.3 is 0 Å². The Morgan fingerprint density at radius 3 is 2.58 bits per heavy atom. The average Bonchev–Trinajstić information content (AvgIpc) is 2.58. The van der Waals surface area contributed by atoms with Crippen molar-refractivity contribution < 1.29 is 4.84 Å². The fraction of sp³-hybridized carbons (Fsp3) is 0.111. The van der Waals surface area contributed by atoms with Gasteiger partial charge in [0.15, 0.2) is 6.61 Å². The van der Waals surface area contributed by atoms with Crippen LogP contribution in [0.5, 0.6) is 0 Å². The van der Waals surface area contributed by atoms with Crippen molar-refractivity contribution in [2.24, 2.45) is 5.16 Å². The molecule has 12 heavy (non-hydrogen) atoms. The zero-order valence-corrected chi connectivity index (χ0v) is 7.91. The van der Waals surface area contributed by atoms with Crippen LogP contribution in [0.25, 0.3) is 0 Å². The van der Waals surface area contributed by atoms with E-state index in [1.807, 2.05) is 24.3 Å². The van der Waals surface area contributed by atoms with E-state index < -0.39 is 0 Å². The summed E-state index contributed by atoms with van der Waals surface area (Å²) < 4.78 is 1.08. The van der Waals surface area contributed by atoms with E-state index in [9.17, 15) is 0 Å². The van der Waals surface area contributed by atoms with Crippen LogP contribution >= 0.6 is 15.9 Å². The van der Waals surface area contributed by atoms with E-state index in [4.69, 9.17) is 4.84 Å². The number of hydrogen-bond donors (Lipinski definition) is 0. The van der Waals surface area contributed by atoms with Crippen LogP contribution in [0.15, 0.2) is 33.9 Å². The van der Waals surface area contributed by atoms with E-state index in [-0.39, 0.29) is 0 Å². The second kappa shape index (κ2) is 3.27. The minimum atomic E-state index is 0.793. The Bertz CT molecular complexity index is 305. The molecule has 2 nitrogen and oxygen atoms in total. The summed E-state index contributed by atoms with van der Waals surface area (Å²) in [6, 6.07) is 8.03. The monoisotopic (exact) mass is 224 g/mol. The van der Waals surface area contributed by atoms with E-state index in [1.165, 1.54) is 0 Å². The predicted molar refractivity (Wildman–Crippen MR) is 50.7 cm³/mol. The molecule has 0 bridgehead atoms. The molecule has 0 amide bonds. The van der Waals surface area contributed by atoms with Crippen molar-refractivity contribution in [2.45, 2.75) is 6.42 Å². The van der Waals surface area contributed by atoms with Crippen LogP contribution in [-0.4, -0.2) is 5.71 Å². The average molecular weight is 225 g/mol. The van der Waals surface area contributed by atoms with E-state index in [2.05, 4.69) is 21.1 Å². The summed E-state index contributed by atoms with van der Waals surface area (Å²) in [5, 5.41) is 3.88. The summed E-state index contributed by atoms with van der Waals surface area (Å²) in [6.45, 7) is 1.69. The number of hydrogen-bond acceptors (Lipinski definition) is 2. The summed E-state index contributed by atoms with van der Waals surface area (Å²) in [4.78, 5) is 4.79. The Labute approximate surface area is 79.4 Å². The first-order valence-electron chi connectivity index (χ1n) is 3.66. The molecule has 0 unspecified atom stereocenters. The van der Waals surface area contributed by atoms with Gasteiger partial charge in [0.1, 0.15) is 0 Å². The van der Waals surface area contributed by atoms with Gasteiger partial charge in [-0.25, -0.2) is 0 Å². The third-order valence-corrected chi connectivity index (χ3v) is 2.22. The second-order valence-corrected chi connectivity index (χ2v) is 3.44. The summed E-state index contributed by atoms with van der Waals surface area (Å²) >= 11 is 3.38. The van der Waals surface area contributed by atoms with Gasteiger partial charge in [-0.1, -0.05) is 33.2 Å². The molecule has 2 rings (SSSR count). The fourth-order valence-electron chi connectivity index (χ4n) is 1.07. The Morgan fingerprint density at radius 1 is 1.25 bits per heavy atom. The third-order valence-electron chi connectivity index (χ3n) is 1.69. The van der Waals surface area contributed by atoms with Gasteiger partial charge in [0.05, 0.1) is 5.71 Å². The number of rotatable bonds is 1. The van der Waals surface area contributed by atoms with Crippen LogP contribution in [0.3, 0.4) is 0 Å². The Hall–Kier alpha value is -0.830. The first kappa shape index (κ1) is 7.80. The van der Waals surface area contributed by atoms with E-state index in [1.54, 1.807) is 6.61 Å². The van der Waals surface area contributed by atoms with Crippen molar-refractivity contribution >= 4 is 21.6 Å². The van der Waals surface area contributed by atoms with Crippen molar-refractivity contribution in [3.63, 3.8) is 0 Å². The largest absolute Gasteiger partial charge is 0.388 e. The van der Waals surface area contributed by atoms with Crippen LogP contribution in [0.2, 0.25) is 0 Å². The molecule has 0 fully saturated rings. The quantitative estimate of drug-likeness (QED) is 0.720. The maximum atomic E-state index is 4.79. The van der Waals surface area contributed by atoms with Gasteiger partial charge in [-0.3, -0.25) is 0 Å². The lowest BCUT2D eigenvalue weighted by Gasteiger charge is -1.96. The molecule has 0 saturated heterocycles. The molecule has 0 N–H and O–H groups in total. The molecule has 0 spiro atoms. The first-order chi connectivity index (χ1) is 5.86. The van der Waals surface area contributed by atoms with Crippen LogP contribution in [-0.2, 0) is 4.84 Å². The first-order valence-corrected chi connectivity index (χ1v) is 4.46. The van der Waals surface area contributed by atoms with Gasteiger partial charge in [0, 0.05) is 10.9 Å². The second-order valence-electron chi connectivity index (χ2n) is 2.52. The molecule has 0 atom stereocenters. The standard InChI is InChI=1S/C9H7BrNO/c10-8-3-1-7(2-4-8)9-5-6-12-11-9/h1-4,6H,5H2. The lowest BCUT2D eigenvalue weighted by atomic mass is 10.1. The van der Waals surface area contributed by atoms with Crippen molar-refractivity contribution in [2.75, 3.05) is 0 Å². The molecule has 1 aliphatic heterocycles. The summed E-state index contributed by atoms with van der Waals surface area (Å²) in [6.07, 6.45) is 0.793. The highest BCUT2D eigenvalue weighted by molar-refractivity contribution is 9.10. The topological polar surface area (TPSA) is 21.6 Å². The maximum absolute atomic E-state index is 4.79. The van der Waals surface area contributed by atoms with Gasteiger partial charge in [-0.15, -0.1) is 0 Å². The van der Waals surface area contributed by atoms with Crippen molar-refractivity contribution in [1.82, 2.24) is 0 Å². The molecule has 3 heteroatoms. The zero-order chi connectivity index (χ0) is 8.39. The smallest absolute Gasteiger partial charge is 0.172 e. The minimum Gasteiger partial charge on any atom is -0.388 e. The van der Waals surface area contributed by atoms with Gasteiger partial charge < -0.3 is 4.84 Å². The fourth-order valence-corrected chi connectivity index (χ4v) is 1.33. The van der Waals surface area contributed by atoms with Crippen molar-refractivity contribution in [3.8, 4) is 0 Å². The minimum absolute atomic E-state index is 0.793. The van der Waals surface area contributed by atoms with Gasteiger partial charge in [0.2, 0.25) is 0 Å². The predicted octanol–water partition coefficient (Wildman–Crippen LogP) is 2.74. The highest BCUT2D eigenvalue weighted by atomic mass is 79.9. The van der Waals surface area contributed by atoms with Gasteiger partial charge in [0.25, 0.3) is 0 Å². The summed E-state index contributed by atoms with van der Waals surface area (Å²) in [7, 11) is 0. The molecule has 0 saturated carbocycles. The van der Waals surface area contributed by atoms with Crippen LogP contribution in [0.1, 0.15) is 12.0 Å². The molecular formula is C9H7BrNO. The Balaban J connectivity index is 2.28. The number of benzene rings is 1. The highest BCUT2D eigenvalue weighted by Gasteiger charge is 2.10. The number of nitrogens with zero attached hydrogens (tertiary/aromatic N) is 1. The summed E-state index contributed by atoms with van der Waals surface area (Å²) in [5.41, 5.74) is 2.11. The molecule has 1 aromatic carbocycles. The Kier molecular flexibility index (Phi) is 2.13. The van der Waals surface area contributed by atoms with E-state index >= 15 is 0 Å². The van der Waals surface area contributed by atoms with Crippen LogP contribution in [0.4, 0.5) is 0 Å². The molecular weight excluding hydrogens is 218 g/mol. The third kappa shape index (κ3) is 1.50. The molecule has 1 aromatic rings. The normalized spacial score (nSPS) is 15.6. The van der Waals surface area contributed by atoms with E-state index in [0.717, 1.165) is 22.2 Å². The Morgan fingerprint density at radius 2 is 2.00 bits per heavy atom. The van der Waals surface area contributed by atoms with Crippen molar-refractivity contribution in [1.29, 1.82) is 0 Å². The lowest BCUT2D eigenvalue weighted by Crippen LogP contribution is -1.94. The molecule has 1 aliphatic rings. The highest BCUT2D eigenvalue weighted by Crippen LogP contribution is 2.16. The lowest BCUT2D eigenvalue weighted by molar-refractivity contribution is 0.234. The number of oxime groups is 1. The zero-order valence-electron chi connectivity index (χ0n) is 6.33. The van der Waals surface area contributed by atoms with Crippen LogP contribution in [0, 0.1) is 6.61 Å². The molecule has 1 heterocycles. The molecule has 1 radical (unpaired) electrons. The van der Waals surface area contributed by atoms with Crippen molar-refractivity contribution in [3.05, 3.63) is 40.9 Å². The van der Waals surface area contributed by atoms with Gasteiger partial charge in [-0.2, -0.15) is 0 Å². The summed E-state index contributed by atoms with van der Waals surface area (Å²) in [5.74, 6) is 0. The number of halogens is 1.